The number of hydrogen-bond acceptors (Lipinski definition) is 4. The number of carbonyl (C=O) groups excluding carboxylic acids is 1. The second-order valence-electron chi connectivity index (χ2n) is 6.36. The van der Waals surface area contributed by atoms with Crippen molar-refractivity contribution in [2.75, 3.05) is 13.2 Å². The van der Waals surface area contributed by atoms with Crippen molar-refractivity contribution in [2.24, 2.45) is 5.41 Å². The zero-order valence-corrected chi connectivity index (χ0v) is 12.4. The van der Waals surface area contributed by atoms with E-state index in [2.05, 4.69) is 0 Å². The summed E-state index contributed by atoms with van der Waals surface area (Å²) in [5, 5.41) is 0. The standard InChI is InChI=1S/C15H26O4/c1-4-14(2,3)13(16)17-10-12-11-18-15(19-12)8-6-5-7-9-15/h12H,4-11H2,1-3H3. The number of carbonyl (C=O) groups is 1. The van der Waals surface area contributed by atoms with Crippen LogP contribution in [-0.2, 0) is 19.0 Å². The molecule has 1 atom stereocenters. The summed E-state index contributed by atoms with van der Waals surface area (Å²) in [5.41, 5.74) is -0.415. The van der Waals surface area contributed by atoms with Gasteiger partial charge < -0.3 is 14.2 Å². The predicted molar refractivity (Wildman–Crippen MR) is 71.7 cm³/mol. The van der Waals surface area contributed by atoms with Crippen LogP contribution >= 0.6 is 0 Å². The second kappa shape index (κ2) is 5.80. The lowest BCUT2D eigenvalue weighted by molar-refractivity contribution is -0.193. The van der Waals surface area contributed by atoms with Gasteiger partial charge in [0.25, 0.3) is 0 Å². The Bertz CT molecular complexity index is 318. The van der Waals surface area contributed by atoms with Crippen molar-refractivity contribution in [3.8, 4) is 0 Å². The van der Waals surface area contributed by atoms with Gasteiger partial charge in [-0.25, -0.2) is 0 Å². The number of ether oxygens (including phenoxy) is 3. The van der Waals surface area contributed by atoms with Gasteiger partial charge in [-0.05, 0) is 33.1 Å². The third kappa shape index (κ3) is 3.48. The maximum absolute atomic E-state index is 11.9. The first-order valence-corrected chi connectivity index (χ1v) is 7.46. The summed E-state index contributed by atoms with van der Waals surface area (Å²) < 4.78 is 17.2. The highest BCUT2D eigenvalue weighted by Gasteiger charge is 2.42. The van der Waals surface area contributed by atoms with Gasteiger partial charge in [0.05, 0.1) is 12.0 Å². The average Bonchev–Trinajstić information content (AvgIpc) is 2.79. The Labute approximate surface area is 115 Å². The van der Waals surface area contributed by atoms with Gasteiger partial charge in [-0.2, -0.15) is 0 Å². The van der Waals surface area contributed by atoms with E-state index in [4.69, 9.17) is 14.2 Å². The molecule has 2 aliphatic rings. The van der Waals surface area contributed by atoms with Crippen molar-refractivity contribution in [1.82, 2.24) is 0 Å². The molecular formula is C15H26O4. The first-order valence-electron chi connectivity index (χ1n) is 7.46. The van der Waals surface area contributed by atoms with Crippen molar-refractivity contribution >= 4 is 5.97 Å². The molecule has 0 aromatic carbocycles. The second-order valence-corrected chi connectivity index (χ2v) is 6.36. The highest BCUT2D eigenvalue weighted by atomic mass is 16.8. The summed E-state index contributed by atoms with van der Waals surface area (Å²) in [4.78, 5) is 11.9. The highest BCUT2D eigenvalue weighted by molar-refractivity contribution is 5.75. The van der Waals surface area contributed by atoms with Crippen LogP contribution in [0.5, 0.6) is 0 Å². The Morgan fingerprint density at radius 2 is 2.00 bits per heavy atom. The molecule has 1 saturated heterocycles. The molecule has 2 fully saturated rings. The maximum atomic E-state index is 11.9. The number of rotatable bonds is 4. The zero-order chi connectivity index (χ0) is 13.9. The lowest BCUT2D eigenvalue weighted by Crippen LogP contribution is -2.35. The minimum atomic E-state index is -0.415. The van der Waals surface area contributed by atoms with Gasteiger partial charge in [-0.15, -0.1) is 0 Å². The fourth-order valence-electron chi connectivity index (χ4n) is 2.56. The SMILES string of the molecule is CCC(C)(C)C(=O)OCC1COC2(CCCCC2)O1. The molecule has 2 rings (SSSR count). The zero-order valence-electron chi connectivity index (χ0n) is 12.4. The van der Waals surface area contributed by atoms with Crippen LogP contribution in [0.25, 0.3) is 0 Å². The van der Waals surface area contributed by atoms with Crippen LogP contribution in [0.4, 0.5) is 0 Å². The van der Waals surface area contributed by atoms with Gasteiger partial charge >= 0.3 is 5.97 Å². The van der Waals surface area contributed by atoms with E-state index in [1.165, 1.54) is 6.42 Å². The van der Waals surface area contributed by atoms with E-state index in [1.807, 2.05) is 20.8 Å². The Hall–Kier alpha value is -0.610. The van der Waals surface area contributed by atoms with Crippen molar-refractivity contribution < 1.29 is 19.0 Å². The Balaban J connectivity index is 1.78. The van der Waals surface area contributed by atoms with Crippen molar-refractivity contribution in [1.29, 1.82) is 0 Å². The van der Waals surface area contributed by atoms with Gasteiger partial charge in [-0.3, -0.25) is 4.79 Å². The minimum absolute atomic E-state index is 0.102. The molecule has 4 nitrogen and oxygen atoms in total. The van der Waals surface area contributed by atoms with Crippen molar-refractivity contribution in [2.45, 2.75) is 71.2 Å². The first-order chi connectivity index (χ1) is 8.97. The summed E-state index contributed by atoms with van der Waals surface area (Å²) >= 11 is 0. The summed E-state index contributed by atoms with van der Waals surface area (Å²) in [6.45, 7) is 6.66. The van der Waals surface area contributed by atoms with E-state index in [0.29, 0.717) is 13.2 Å². The van der Waals surface area contributed by atoms with Gasteiger partial charge in [0, 0.05) is 12.8 Å². The Kier molecular flexibility index (Phi) is 4.51. The molecule has 1 unspecified atom stereocenters. The fraction of sp³-hybridized carbons (Fsp3) is 0.933. The molecule has 0 radical (unpaired) electrons. The summed E-state index contributed by atoms with van der Waals surface area (Å²) in [6, 6.07) is 0. The molecule has 19 heavy (non-hydrogen) atoms. The summed E-state index contributed by atoms with van der Waals surface area (Å²) in [7, 11) is 0. The molecule has 0 N–H and O–H groups in total. The third-order valence-corrected chi connectivity index (χ3v) is 4.37. The molecule has 0 bridgehead atoms. The fourth-order valence-corrected chi connectivity index (χ4v) is 2.56. The summed E-state index contributed by atoms with van der Waals surface area (Å²) in [5.74, 6) is -0.529. The van der Waals surface area contributed by atoms with Gasteiger partial charge in [-0.1, -0.05) is 13.3 Å². The van der Waals surface area contributed by atoms with Crippen LogP contribution in [0.3, 0.4) is 0 Å². The molecule has 1 aliphatic carbocycles. The largest absolute Gasteiger partial charge is 0.462 e. The molecule has 1 aliphatic heterocycles. The van der Waals surface area contributed by atoms with E-state index in [-0.39, 0.29) is 17.9 Å². The molecule has 4 heteroatoms. The van der Waals surface area contributed by atoms with Crippen LogP contribution in [-0.4, -0.2) is 31.1 Å². The van der Waals surface area contributed by atoms with Gasteiger partial charge in [0.2, 0.25) is 0 Å². The Morgan fingerprint density at radius 1 is 1.32 bits per heavy atom. The highest BCUT2D eigenvalue weighted by Crippen LogP contribution is 2.37. The van der Waals surface area contributed by atoms with Gasteiger partial charge in [0.1, 0.15) is 12.7 Å². The smallest absolute Gasteiger partial charge is 0.311 e. The minimum Gasteiger partial charge on any atom is -0.462 e. The monoisotopic (exact) mass is 270 g/mol. The molecule has 0 aromatic rings. The topological polar surface area (TPSA) is 44.8 Å². The molecule has 110 valence electrons. The van der Waals surface area contributed by atoms with E-state index in [0.717, 1.165) is 32.1 Å². The Morgan fingerprint density at radius 3 is 2.63 bits per heavy atom. The van der Waals surface area contributed by atoms with Crippen molar-refractivity contribution in [3.05, 3.63) is 0 Å². The van der Waals surface area contributed by atoms with E-state index in [1.54, 1.807) is 0 Å². The van der Waals surface area contributed by atoms with Gasteiger partial charge in [0.15, 0.2) is 5.79 Å². The van der Waals surface area contributed by atoms with Crippen LogP contribution < -0.4 is 0 Å². The molecule has 1 spiro atoms. The predicted octanol–water partition coefficient (Wildman–Crippen LogP) is 3.04. The number of esters is 1. The average molecular weight is 270 g/mol. The third-order valence-electron chi connectivity index (χ3n) is 4.37. The molecular weight excluding hydrogens is 244 g/mol. The first kappa shape index (κ1) is 14.8. The van der Waals surface area contributed by atoms with Crippen LogP contribution in [0.1, 0.15) is 59.3 Å². The van der Waals surface area contributed by atoms with Crippen LogP contribution in [0, 0.1) is 5.41 Å². The molecule has 0 amide bonds. The maximum Gasteiger partial charge on any atom is 0.311 e. The van der Waals surface area contributed by atoms with E-state index < -0.39 is 5.41 Å². The van der Waals surface area contributed by atoms with Crippen molar-refractivity contribution in [3.63, 3.8) is 0 Å². The molecule has 0 aromatic heterocycles. The quantitative estimate of drug-likeness (QED) is 0.737. The summed E-state index contributed by atoms with van der Waals surface area (Å²) in [6.07, 6.45) is 6.20. The lowest BCUT2D eigenvalue weighted by atomic mass is 9.91. The van der Waals surface area contributed by atoms with Crippen LogP contribution in [0.15, 0.2) is 0 Å². The molecule has 1 saturated carbocycles. The van der Waals surface area contributed by atoms with Crippen LogP contribution in [0.2, 0.25) is 0 Å². The normalized spacial score (nSPS) is 26.6. The number of hydrogen-bond donors (Lipinski definition) is 0. The lowest BCUT2D eigenvalue weighted by Gasteiger charge is -2.31. The molecule has 1 heterocycles. The van der Waals surface area contributed by atoms with E-state index in [9.17, 15) is 4.79 Å². The van der Waals surface area contributed by atoms with E-state index >= 15 is 0 Å².